The Morgan fingerprint density at radius 3 is 2.79 bits per heavy atom. The number of aromatic nitrogens is 1. The van der Waals surface area contributed by atoms with Crippen LogP contribution in [0, 0.1) is 5.92 Å². The molecular weight excluding hydrogens is 256 g/mol. The van der Waals surface area contributed by atoms with Crippen LogP contribution in [-0.4, -0.2) is 23.7 Å². The van der Waals surface area contributed by atoms with Crippen molar-refractivity contribution in [1.29, 1.82) is 0 Å². The number of rotatable bonds is 4. The molecule has 19 heavy (non-hydrogen) atoms. The molecule has 2 atom stereocenters. The maximum atomic E-state index is 5.86. The second-order valence-corrected chi connectivity index (χ2v) is 7.77. The van der Waals surface area contributed by atoms with Crippen LogP contribution in [0.2, 0.25) is 0 Å². The third kappa shape index (κ3) is 3.18. The molecule has 0 spiro atoms. The van der Waals surface area contributed by atoms with E-state index in [1.54, 1.807) is 11.3 Å². The molecule has 1 saturated carbocycles. The smallest absolute Gasteiger partial charge is 0.107 e. The van der Waals surface area contributed by atoms with E-state index in [0.29, 0.717) is 12.1 Å². The number of ether oxygens (including phenoxy) is 1. The normalized spacial score (nSPS) is 27.9. The van der Waals surface area contributed by atoms with Gasteiger partial charge in [0.15, 0.2) is 0 Å². The molecule has 3 nitrogen and oxygen atoms in total. The van der Waals surface area contributed by atoms with Gasteiger partial charge in [0, 0.05) is 30.0 Å². The molecule has 2 aliphatic rings. The molecule has 1 saturated heterocycles. The Bertz CT molecular complexity index is 434. The van der Waals surface area contributed by atoms with Crippen molar-refractivity contribution in [3.63, 3.8) is 0 Å². The molecular formula is C15H24N2OS. The predicted octanol–water partition coefficient (Wildman–Crippen LogP) is 3.10. The summed E-state index contributed by atoms with van der Waals surface area (Å²) in [5.74, 6) is 0.821. The molecule has 1 N–H and O–H groups in total. The summed E-state index contributed by atoms with van der Waals surface area (Å²) >= 11 is 1.77. The van der Waals surface area contributed by atoms with Crippen molar-refractivity contribution < 1.29 is 4.74 Å². The zero-order valence-corrected chi connectivity index (χ0v) is 12.9. The van der Waals surface area contributed by atoms with Crippen LogP contribution in [0.5, 0.6) is 0 Å². The number of hydrogen-bond donors (Lipinski definition) is 1. The Kier molecular flexibility index (Phi) is 3.67. The first kappa shape index (κ1) is 13.5. The first-order valence-corrected chi connectivity index (χ1v) is 8.22. The van der Waals surface area contributed by atoms with Crippen molar-refractivity contribution in [3.05, 3.63) is 16.1 Å². The molecule has 2 heterocycles. The average molecular weight is 280 g/mol. The fourth-order valence-electron chi connectivity index (χ4n) is 2.67. The number of hydrogen-bond acceptors (Lipinski definition) is 4. The molecule has 3 rings (SSSR count). The summed E-state index contributed by atoms with van der Waals surface area (Å²) in [5, 5.41) is 7.05. The van der Waals surface area contributed by atoms with Gasteiger partial charge in [-0.2, -0.15) is 0 Å². The second kappa shape index (κ2) is 5.15. The molecule has 0 aromatic carbocycles. The van der Waals surface area contributed by atoms with E-state index >= 15 is 0 Å². The van der Waals surface area contributed by atoms with E-state index in [1.807, 2.05) is 0 Å². The van der Waals surface area contributed by atoms with Gasteiger partial charge in [0.25, 0.3) is 0 Å². The van der Waals surface area contributed by atoms with Gasteiger partial charge in [-0.15, -0.1) is 11.3 Å². The molecule has 1 aromatic heterocycles. The zero-order chi connectivity index (χ0) is 13.5. The van der Waals surface area contributed by atoms with Crippen molar-refractivity contribution in [2.45, 2.75) is 64.1 Å². The van der Waals surface area contributed by atoms with Crippen LogP contribution in [0.3, 0.4) is 0 Å². The summed E-state index contributed by atoms with van der Waals surface area (Å²) in [6, 6.07) is 0.537. The van der Waals surface area contributed by atoms with Gasteiger partial charge >= 0.3 is 0 Å². The molecule has 1 aliphatic carbocycles. The maximum Gasteiger partial charge on any atom is 0.107 e. The molecule has 2 fully saturated rings. The van der Waals surface area contributed by atoms with Crippen molar-refractivity contribution in [2.24, 2.45) is 5.92 Å². The van der Waals surface area contributed by atoms with Crippen LogP contribution in [0.1, 0.15) is 50.7 Å². The Hall–Kier alpha value is -0.450. The van der Waals surface area contributed by atoms with Crippen molar-refractivity contribution >= 4 is 11.3 Å². The third-order valence-electron chi connectivity index (χ3n) is 4.06. The number of nitrogens with one attached hydrogen (secondary N) is 1. The highest BCUT2D eigenvalue weighted by Gasteiger charge is 2.40. The van der Waals surface area contributed by atoms with Gasteiger partial charge in [0.1, 0.15) is 5.01 Å². The van der Waals surface area contributed by atoms with Crippen LogP contribution in [0.15, 0.2) is 5.38 Å². The van der Waals surface area contributed by atoms with Crippen LogP contribution in [0.25, 0.3) is 0 Å². The summed E-state index contributed by atoms with van der Waals surface area (Å²) < 4.78 is 5.86. The van der Waals surface area contributed by atoms with Crippen LogP contribution in [-0.2, 0) is 16.7 Å². The average Bonchev–Trinajstić information content (AvgIpc) is 2.91. The van der Waals surface area contributed by atoms with E-state index < -0.39 is 0 Å². The Morgan fingerprint density at radius 1 is 1.37 bits per heavy atom. The van der Waals surface area contributed by atoms with Gasteiger partial charge < -0.3 is 10.1 Å². The van der Waals surface area contributed by atoms with Crippen LogP contribution < -0.4 is 5.32 Å². The lowest BCUT2D eigenvalue weighted by Gasteiger charge is -2.19. The van der Waals surface area contributed by atoms with Gasteiger partial charge in [-0.3, -0.25) is 0 Å². The fraction of sp³-hybridized carbons (Fsp3) is 0.800. The molecule has 2 unspecified atom stereocenters. The summed E-state index contributed by atoms with van der Waals surface area (Å²) in [4.78, 5) is 4.74. The first-order valence-electron chi connectivity index (χ1n) is 7.34. The third-order valence-corrected chi connectivity index (χ3v) is 4.91. The van der Waals surface area contributed by atoms with E-state index in [1.165, 1.54) is 23.5 Å². The lowest BCUT2D eigenvalue weighted by Crippen LogP contribution is -2.37. The second-order valence-electron chi connectivity index (χ2n) is 6.83. The van der Waals surface area contributed by atoms with Crippen LogP contribution in [0.4, 0.5) is 0 Å². The zero-order valence-electron chi connectivity index (χ0n) is 12.1. The largest absolute Gasteiger partial charge is 0.376 e. The Morgan fingerprint density at radius 2 is 2.16 bits per heavy atom. The summed E-state index contributed by atoms with van der Waals surface area (Å²) in [5.41, 5.74) is 1.36. The van der Waals surface area contributed by atoms with Crippen molar-refractivity contribution in [1.82, 2.24) is 10.3 Å². The lowest BCUT2D eigenvalue weighted by atomic mass is 9.93. The Balaban J connectivity index is 1.55. The molecule has 0 bridgehead atoms. The maximum absolute atomic E-state index is 5.86. The van der Waals surface area contributed by atoms with E-state index in [2.05, 4.69) is 31.5 Å². The van der Waals surface area contributed by atoms with Crippen molar-refractivity contribution in [2.75, 3.05) is 6.61 Å². The number of thiazole rings is 1. The minimum absolute atomic E-state index is 0.155. The predicted molar refractivity (Wildman–Crippen MR) is 78.5 cm³/mol. The molecule has 0 radical (unpaired) electrons. The molecule has 4 heteroatoms. The standard InChI is InChI=1S/C15H24N2OS/c1-15(2,3)12-9-19-13(17-12)8-16-11-6-7-18-14(11)10-4-5-10/h9-11,14,16H,4-8H2,1-3H3. The fourth-order valence-corrected chi connectivity index (χ4v) is 3.65. The quantitative estimate of drug-likeness (QED) is 0.920. The lowest BCUT2D eigenvalue weighted by molar-refractivity contribution is 0.0809. The summed E-state index contributed by atoms with van der Waals surface area (Å²) in [6.07, 6.45) is 4.32. The highest BCUT2D eigenvalue weighted by Crippen LogP contribution is 2.38. The van der Waals surface area contributed by atoms with Crippen molar-refractivity contribution in [3.8, 4) is 0 Å². The van der Waals surface area contributed by atoms with Gasteiger partial charge in [-0.05, 0) is 25.2 Å². The minimum atomic E-state index is 0.155. The minimum Gasteiger partial charge on any atom is -0.376 e. The molecule has 0 amide bonds. The monoisotopic (exact) mass is 280 g/mol. The first-order chi connectivity index (χ1) is 9.04. The topological polar surface area (TPSA) is 34.1 Å². The van der Waals surface area contributed by atoms with Gasteiger partial charge in [-0.25, -0.2) is 4.98 Å². The molecule has 1 aliphatic heterocycles. The molecule has 1 aromatic rings. The van der Waals surface area contributed by atoms with E-state index in [4.69, 9.17) is 9.72 Å². The summed E-state index contributed by atoms with van der Waals surface area (Å²) in [7, 11) is 0. The molecule has 106 valence electrons. The van der Waals surface area contributed by atoms with Gasteiger partial charge in [0.05, 0.1) is 11.8 Å². The highest BCUT2D eigenvalue weighted by molar-refractivity contribution is 7.09. The number of nitrogens with zero attached hydrogens (tertiary/aromatic N) is 1. The van der Waals surface area contributed by atoms with E-state index in [-0.39, 0.29) is 5.41 Å². The Labute approximate surface area is 119 Å². The highest BCUT2D eigenvalue weighted by atomic mass is 32.1. The van der Waals surface area contributed by atoms with Crippen LogP contribution >= 0.6 is 11.3 Å². The SMILES string of the molecule is CC(C)(C)c1csc(CNC2CCOC2C2CC2)n1. The van der Waals surface area contributed by atoms with E-state index in [9.17, 15) is 0 Å². The van der Waals surface area contributed by atoms with E-state index in [0.717, 1.165) is 25.5 Å². The summed E-state index contributed by atoms with van der Waals surface area (Å²) in [6.45, 7) is 8.45. The van der Waals surface area contributed by atoms with Gasteiger partial charge in [0.2, 0.25) is 0 Å². The van der Waals surface area contributed by atoms with Gasteiger partial charge in [-0.1, -0.05) is 20.8 Å².